The van der Waals surface area contributed by atoms with Crippen molar-refractivity contribution in [2.75, 3.05) is 14.1 Å². The van der Waals surface area contributed by atoms with Gasteiger partial charge in [0, 0.05) is 5.56 Å². The van der Waals surface area contributed by atoms with Crippen molar-refractivity contribution in [3.63, 3.8) is 0 Å². The van der Waals surface area contributed by atoms with Crippen molar-refractivity contribution in [3.8, 4) is 11.8 Å². The summed E-state index contributed by atoms with van der Waals surface area (Å²) < 4.78 is 0.224. The van der Waals surface area contributed by atoms with Gasteiger partial charge in [-0.3, -0.25) is 0 Å². The van der Waals surface area contributed by atoms with Gasteiger partial charge in [-0.05, 0) is 19.4 Å². The number of carbonyl (C=O) groups excluding carboxylic acids is 1. The van der Waals surface area contributed by atoms with Crippen LogP contribution in [0.1, 0.15) is 28.4 Å². The van der Waals surface area contributed by atoms with Crippen LogP contribution >= 0.6 is 0 Å². The molecule has 0 bridgehead atoms. The molecule has 1 aliphatic heterocycles. The molecule has 0 saturated carbocycles. The summed E-state index contributed by atoms with van der Waals surface area (Å²) in [5.41, 5.74) is 3.72. The van der Waals surface area contributed by atoms with Crippen LogP contribution in [-0.2, 0) is 0 Å². The second kappa shape index (κ2) is 3.87. The number of hydrogen-bond acceptors (Lipinski definition) is 1. The van der Waals surface area contributed by atoms with Crippen LogP contribution in [0.3, 0.4) is 0 Å². The zero-order chi connectivity index (χ0) is 12.6. The van der Waals surface area contributed by atoms with Crippen molar-refractivity contribution < 1.29 is 9.28 Å². The smallest absolute Gasteiger partial charge is 0.234 e. The molecule has 0 aliphatic carbocycles. The normalized spacial score (nSPS) is 16.7. The van der Waals surface area contributed by atoms with E-state index in [0.717, 1.165) is 22.3 Å². The molecule has 2 rings (SSSR count). The van der Waals surface area contributed by atoms with Gasteiger partial charge in [-0.1, -0.05) is 24.1 Å². The number of carbonyl (C=O) groups is 1. The van der Waals surface area contributed by atoms with E-state index in [9.17, 15) is 4.79 Å². The Morgan fingerprint density at radius 2 is 1.94 bits per heavy atom. The molecule has 1 amide bonds. The minimum absolute atomic E-state index is 0.125. The van der Waals surface area contributed by atoms with E-state index in [1.54, 1.807) is 0 Å². The minimum atomic E-state index is 0.125. The Kier molecular flexibility index (Phi) is 2.65. The largest absolute Gasteiger partial charge is 0.350 e. The molecular formula is C15H16NO+. The van der Waals surface area contributed by atoms with E-state index in [-0.39, 0.29) is 10.4 Å². The molecule has 2 heteroatoms. The van der Waals surface area contributed by atoms with E-state index in [1.807, 2.05) is 52.3 Å². The number of hydrogen-bond donors (Lipinski definition) is 0. The number of aryl methyl sites for hydroxylation is 1. The number of quaternary nitrogens is 1. The highest BCUT2D eigenvalue weighted by Gasteiger charge is 2.35. The molecule has 1 heterocycles. The summed E-state index contributed by atoms with van der Waals surface area (Å²) in [6, 6.07) is 5.91. The molecule has 0 aromatic heterocycles. The van der Waals surface area contributed by atoms with Gasteiger partial charge in [0.2, 0.25) is 0 Å². The number of amides is 1. The van der Waals surface area contributed by atoms with Crippen LogP contribution in [-0.4, -0.2) is 24.5 Å². The van der Waals surface area contributed by atoms with Crippen LogP contribution in [0.15, 0.2) is 24.4 Å². The Hall–Kier alpha value is -1.85. The van der Waals surface area contributed by atoms with Crippen LogP contribution in [0.2, 0.25) is 0 Å². The Bertz CT molecular complexity index is 583. The van der Waals surface area contributed by atoms with Gasteiger partial charge >= 0.3 is 5.91 Å². The number of allylic oxidation sites excluding steroid dienone is 1. The van der Waals surface area contributed by atoms with Gasteiger partial charge in [0.25, 0.3) is 0 Å². The highest BCUT2D eigenvalue weighted by atomic mass is 16.2. The molecule has 0 unspecified atom stereocenters. The third-order valence-corrected chi connectivity index (χ3v) is 3.01. The Morgan fingerprint density at radius 1 is 1.24 bits per heavy atom. The quantitative estimate of drug-likeness (QED) is 0.491. The fourth-order valence-corrected chi connectivity index (χ4v) is 2.15. The molecule has 1 aromatic rings. The molecule has 0 spiro atoms. The van der Waals surface area contributed by atoms with E-state index in [2.05, 4.69) is 11.8 Å². The fraction of sp³-hybridized carbons (Fsp3) is 0.267. The first-order valence-corrected chi connectivity index (χ1v) is 5.61. The second-order valence-electron chi connectivity index (χ2n) is 4.76. The van der Waals surface area contributed by atoms with Gasteiger partial charge in [0.15, 0.2) is 0 Å². The maximum Gasteiger partial charge on any atom is 0.350 e. The zero-order valence-corrected chi connectivity index (χ0v) is 10.7. The molecule has 0 N–H and O–H groups in total. The average Bonchev–Trinajstić information content (AvgIpc) is 2.25. The molecule has 0 saturated heterocycles. The van der Waals surface area contributed by atoms with Gasteiger partial charge < -0.3 is 0 Å². The molecular weight excluding hydrogens is 210 g/mol. The number of benzene rings is 1. The average molecular weight is 226 g/mol. The summed E-state index contributed by atoms with van der Waals surface area (Å²) in [5.74, 6) is 6.12. The van der Waals surface area contributed by atoms with Crippen molar-refractivity contribution in [1.82, 2.24) is 0 Å². The van der Waals surface area contributed by atoms with E-state index in [4.69, 9.17) is 0 Å². The third-order valence-electron chi connectivity index (χ3n) is 3.01. The summed E-state index contributed by atoms with van der Waals surface area (Å²) in [4.78, 5) is 12.4. The fourth-order valence-electron chi connectivity index (χ4n) is 2.15. The second-order valence-corrected chi connectivity index (χ2v) is 4.76. The lowest BCUT2D eigenvalue weighted by Crippen LogP contribution is -2.43. The lowest BCUT2D eigenvalue weighted by Gasteiger charge is -2.28. The number of rotatable bonds is 0. The summed E-state index contributed by atoms with van der Waals surface area (Å²) in [6.45, 7) is 3.78. The molecule has 0 atom stereocenters. The van der Waals surface area contributed by atoms with E-state index in [1.165, 1.54) is 0 Å². The highest BCUT2D eigenvalue weighted by molar-refractivity contribution is 6.01. The first kappa shape index (κ1) is 11.6. The molecule has 0 fully saturated rings. The van der Waals surface area contributed by atoms with Crippen molar-refractivity contribution in [2.45, 2.75) is 13.8 Å². The Morgan fingerprint density at radius 3 is 2.59 bits per heavy atom. The first-order chi connectivity index (χ1) is 7.97. The van der Waals surface area contributed by atoms with Crippen LogP contribution in [0.4, 0.5) is 0 Å². The van der Waals surface area contributed by atoms with Crippen LogP contribution in [0.5, 0.6) is 0 Å². The zero-order valence-electron chi connectivity index (χ0n) is 10.7. The van der Waals surface area contributed by atoms with Gasteiger partial charge in [0.05, 0.1) is 25.2 Å². The summed E-state index contributed by atoms with van der Waals surface area (Å²) in [5, 5.41) is 0. The number of fused-ring (bicyclic) bond motifs is 1. The number of nitrogens with zero attached hydrogens (tertiary/aromatic N) is 1. The first-order valence-electron chi connectivity index (χ1n) is 5.61. The minimum Gasteiger partial charge on any atom is -0.234 e. The predicted octanol–water partition coefficient (Wildman–Crippen LogP) is 2.59. The SMILES string of the molecule is CC#CC1=C[N+](C)(C)C(=O)c2c(C)cccc21. The Balaban J connectivity index is 2.78. The Labute approximate surface area is 102 Å². The van der Waals surface area contributed by atoms with Crippen LogP contribution in [0, 0.1) is 18.8 Å². The van der Waals surface area contributed by atoms with Crippen LogP contribution in [0.25, 0.3) is 5.57 Å². The van der Waals surface area contributed by atoms with Crippen molar-refractivity contribution in [2.24, 2.45) is 0 Å². The van der Waals surface area contributed by atoms with Crippen molar-refractivity contribution in [3.05, 3.63) is 41.1 Å². The topological polar surface area (TPSA) is 17.1 Å². The van der Waals surface area contributed by atoms with E-state index >= 15 is 0 Å². The van der Waals surface area contributed by atoms with Crippen LogP contribution < -0.4 is 0 Å². The van der Waals surface area contributed by atoms with Gasteiger partial charge in [-0.15, -0.1) is 5.92 Å². The highest BCUT2D eigenvalue weighted by Crippen LogP contribution is 2.30. The maximum atomic E-state index is 12.4. The lowest BCUT2D eigenvalue weighted by molar-refractivity contribution is -0.751. The molecule has 1 aromatic carbocycles. The maximum absolute atomic E-state index is 12.4. The molecule has 1 aliphatic rings. The van der Waals surface area contributed by atoms with E-state index in [0.29, 0.717) is 0 Å². The summed E-state index contributed by atoms with van der Waals surface area (Å²) in [7, 11) is 3.77. The van der Waals surface area contributed by atoms with Gasteiger partial charge in [-0.25, -0.2) is 9.28 Å². The molecule has 2 nitrogen and oxygen atoms in total. The summed E-state index contributed by atoms with van der Waals surface area (Å²) in [6.07, 6.45) is 1.92. The van der Waals surface area contributed by atoms with Gasteiger partial charge in [0.1, 0.15) is 6.20 Å². The molecule has 86 valence electrons. The molecule has 17 heavy (non-hydrogen) atoms. The summed E-state index contributed by atoms with van der Waals surface area (Å²) >= 11 is 0. The van der Waals surface area contributed by atoms with Gasteiger partial charge in [-0.2, -0.15) is 0 Å². The van der Waals surface area contributed by atoms with E-state index < -0.39 is 0 Å². The van der Waals surface area contributed by atoms with Crippen molar-refractivity contribution in [1.29, 1.82) is 0 Å². The monoisotopic (exact) mass is 226 g/mol. The van der Waals surface area contributed by atoms with Crippen molar-refractivity contribution >= 4 is 11.5 Å². The predicted molar refractivity (Wildman–Crippen MR) is 69.0 cm³/mol. The lowest BCUT2D eigenvalue weighted by atomic mass is 9.92. The third kappa shape index (κ3) is 1.79. The molecule has 0 radical (unpaired) electrons. The standard InChI is InChI=1S/C15H16NO/c1-5-7-12-10-16(3,4)15(17)14-11(2)8-6-9-13(12)14/h6,8-10H,1-4H3/q+1.